The Morgan fingerprint density at radius 2 is 1.91 bits per heavy atom. The predicted molar refractivity (Wildman–Crippen MR) is 54.4 cm³/mol. The van der Waals surface area contributed by atoms with Crippen LogP contribution in [0.4, 0.5) is 5.69 Å². The lowest BCUT2D eigenvalue weighted by molar-refractivity contribution is 1.11. The largest absolute Gasteiger partial charge is 0.377 e. The summed E-state index contributed by atoms with van der Waals surface area (Å²) in [4.78, 5) is 2.17. The molecule has 11 heavy (non-hydrogen) atoms. The van der Waals surface area contributed by atoms with Crippen molar-refractivity contribution in [2.75, 3.05) is 19.0 Å². The van der Waals surface area contributed by atoms with E-state index in [1.807, 2.05) is 0 Å². The van der Waals surface area contributed by atoms with E-state index in [4.69, 9.17) is 0 Å². The molecule has 0 amide bonds. The van der Waals surface area contributed by atoms with Gasteiger partial charge in [-0.1, -0.05) is 18.2 Å². The second-order valence-corrected chi connectivity index (χ2v) is 3.58. The lowest BCUT2D eigenvalue weighted by Crippen LogP contribution is -2.10. The summed E-state index contributed by atoms with van der Waals surface area (Å²) in [6.07, 6.45) is 0. The van der Waals surface area contributed by atoms with Gasteiger partial charge in [-0.15, -0.1) is 0 Å². The van der Waals surface area contributed by atoms with E-state index in [1.54, 1.807) is 0 Å². The Kier molecular flexibility index (Phi) is 2.71. The fourth-order valence-corrected chi connectivity index (χ4v) is 1.84. The monoisotopic (exact) mass is 165 g/mol. The van der Waals surface area contributed by atoms with Crippen molar-refractivity contribution >= 4 is 15.9 Å². The van der Waals surface area contributed by atoms with Gasteiger partial charge in [0.25, 0.3) is 0 Å². The van der Waals surface area contributed by atoms with E-state index in [0.717, 1.165) is 0 Å². The number of nitrogens with zero attached hydrogens (tertiary/aromatic N) is 1. The molecule has 0 N–H and O–H groups in total. The third-order valence-electron chi connectivity index (χ3n) is 1.85. The number of hydrogen-bond donors (Lipinski definition) is 0. The number of anilines is 1. The van der Waals surface area contributed by atoms with Crippen LogP contribution >= 0.6 is 0 Å². The topological polar surface area (TPSA) is 3.24 Å². The molecular formula is C9H15NSi. The third kappa shape index (κ3) is 1.83. The first-order chi connectivity index (χ1) is 5.25. The molecule has 0 radical (unpaired) electrons. The van der Waals surface area contributed by atoms with Gasteiger partial charge in [-0.25, -0.2) is 0 Å². The zero-order chi connectivity index (χ0) is 8.27. The van der Waals surface area contributed by atoms with Crippen molar-refractivity contribution in [2.24, 2.45) is 0 Å². The van der Waals surface area contributed by atoms with Crippen LogP contribution < -0.4 is 4.90 Å². The van der Waals surface area contributed by atoms with Crippen LogP contribution in [0.1, 0.15) is 5.56 Å². The van der Waals surface area contributed by atoms with E-state index in [2.05, 4.69) is 43.3 Å². The summed E-state index contributed by atoms with van der Waals surface area (Å²) in [7, 11) is 5.43. The molecule has 0 saturated carbocycles. The van der Waals surface area contributed by atoms with Gasteiger partial charge in [0.05, 0.1) is 0 Å². The van der Waals surface area contributed by atoms with Crippen LogP contribution in [0.25, 0.3) is 0 Å². The highest BCUT2D eigenvalue weighted by Crippen LogP contribution is 2.16. The molecule has 1 aromatic rings. The molecular weight excluding hydrogens is 150 g/mol. The molecule has 0 aliphatic carbocycles. The second kappa shape index (κ2) is 3.58. The van der Waals surface area contributed by atoms with Crippen LogP contribution in [0, 0.1) is 0 Å². The minimum atomic E-state index is 1.24. The van der Waals surface area contributed by atoms with Gasteiger partial charge >= 0.3 is 0 Å². The van der Waals surface area contributed by atoms with Crippen molar-refractivity contribution in [3.63, 3.8) is 0 Å². The van der Waals surface area contributed by atoms with E-state index in [-0.39, 0.29) is 0 Å². The van der Waals surface area contributed by atoms with Crippen molar-refractivity contribution < 1.29 is 0 Å². The number of rotatable bonds is 2. The Morgan fingerprint density at radius 3 is 2.36 bits per heavy atom. The Hall–Kier alpha value is -0.763. The van der Waals surface area contributed by atoms with Gasteiger partial charge in [-0.3, -0.25) is 0 Å². The van der Waals surface area contributed by atoms with E-state index in [1.165, 1.54) is 27.5 Å². The minimum Gasteiger partial charge on any atom is -0.377 e. The lowest BCUT2D eigenvalue weighted by Gasteiger charge is -2.15. The van der Waals surface area contributed by atoms with Crippen molar-refractivity contribution in [1.82, 2.24) is 0 Å². The number of hydrogen-bond acceptors (Lipinski definition) is 1. The molecule has 0 aliphatic rings. The highest BCUT2D eigenvalue weighted by Gasteiger charge is 1.98. The Balaban J connectivity index is 3.02. The van der Waals surface area contributed by atoms with Crippen molar-refractivity contribution in [3.8, 4) is 0 Å². The molecule has 0 spiro atoms. The molecule has 0 aliphatic heterocycles. The van der Waals surface area contributed by atoms with Crippen molar-refractivity contribution in [1.29, 1.82) is 0 Å². The SMILES string of the molecule is CN(C)c1ccccc1C[SiH3]. The molecule has 0 heterocycles. The van der Waals surface area contributed by atoms with Crippen molar-refractivity contribution in [2.45, 2.75) is 6.04 Å². The average Bonchev–Trinajstić information content (AvgIpc) is 2.04. The molecule has 2 heteroatoms. The third-order valence-corrected chi connectivity index (χ3v) is 2.62. The quantitative estimate of drug-likeness (QED) is 0.581. The Morgan fingerprint density at radius 1 is 1.27 bits per heavy atom. The Labute approximate surface area is 71.5 Å². The number of para-hydroxylation sites is 1. The molecule has 1 nitrogen and oxygen atoms in total. The minimum absolute atomic E-state index is 1.24. The Bertz CT molecular complexity index is 233. The molecule has 0 saturated heterocycles. The van der Waals surface area contributed by atoms with Crippen LogP contribution in [0.3, 0.4) is 0 Å². The smallest absolute Gasteiger partial charge is 0.0390 e. The molecule has 60 valence electrons. The second-order valence-electron chi connectivity index (χ2n) is 2.88. The summed E-state index contributed by atoms with van der Waals surface area (Å²) in [6.45, 7) is 0. The van der Waals surface area contributed by atoms with Gasteiger partial charge in [0, 0.05) is 30.0 Å². The van der Waals surface area contributed by atoms with Gasteiger partial charge in [-0.2, -0.15) is 0 Å². The average molecular weight is 165 g/mol. The molecule has 1 aromatic carbocycles. The van der Waals surface area contributed by atoms with Gasteiger partial charge in [-0.05, 0) is 17.7 Å². The first kappa shape index (κ1) is 8.33. The molecule has 0 atom stereocenters. The van der Waals surface area contributed by atoms with Gasteiger partial charge in [0.1, 0.15) is 0 Å². The van der Waals surface area contributed by atoms with Crippen LogP contribution in [0.15, 0.2) is 24.3 Å². The predicted octanol–water partition coefficient (Wildman–Crippen LogP) is 0.618. The zero-order valence-electron chi connectivity index (χ0n) is 7.46. The van der Waals surface area contributed by atoms with E-state index in [0.29, 0.717) is 0 Å². The summed E-state index contributed by atoms with van der Waals surface area (Å²) in [5, 5.41) is 0. The molecule has 1 rings (SSSR count). The zero-order valence-corrected chi connectivity index (χ0v) is 9.46. The maximum absolute atomic E-state index is 2.21. The lowest BCUT2D eigenvalue weighted by atomic mass is 10.2. The highest BCUT2D eigenvalue weighted by atomic mass is 28.1. The van der Waals surface area contributed by atoms with Crippen LogP contribution in [0.2, 0.25) is 0 Å². The van der Waals surface area contributed by atoms with Gasteiger partial charge < -0.3 is 4.90 Å². The number of benzene rings is 1. The van der Waals surface area contributed by atoms with Crippen LogP contribution in [-0.4, -0.2) is 24.3 Å². The first-order valence-electron chi connectivity index (χ1n) is 4.01. The van der Waals surface area contributed by atoms with E-state index < -0.39 is 0 Å². The summed E-state index contributed by atoms with van der Waals surface area (Å²) in [5.74, 6) is 0. The normalized spacial score (nSPS) is 10.0. The first-order valence-corrected chi connectivity index (χ1v) is 5.42. The molecule has 0 aromatic heterocycles. The molecule has 0 unspecified atom stereocenters. The van der Waals surface area contributed by atoms with Crippen LogP contribution in [0.5, 0.6) is 0 Å². The fourth-order valence-electron chi connectivity index (χ4n) is 1.25. The summed E-state index contributed by atoms with van der Waals surface area (Å²) in [5.41, 5.74) is 2.84. The highest BCUT2D eigenvalue weighted by molar-refractivity contribution is 6.08. The summed E-state index contributed by atoms with van der Waals surface area (Å²) >= 11 is 0. The molecule has 0 bridgehead atoms. The van der Waals surface area contributed by atoms with Gasteiger partial charge in [0.15, 0.2) is 0 Å². The fraction of sp³-hybridized carbons (Fsp3) is 0.333. The van der Waals surface area contributed by atoms with Crippen LogP contribution in [-0.2, 0) is 6.04 Å². The maximum Gasteiger partial charge on any atom is 0.0390 e. The van der Waals surface area contributed by atoms with Gasteiger partial charge in [0.2, 0.25) is 0 Å². The molecule has 0 fully saturated rings. The van der Waals surface area contributed by atoms with Crippen molar-refractivity contribution in [3.05, 3.63) is 29.8 Å². The van der Waals surface area contributed by atoms with E-state index in [9.17, 15) is 0 Å². The summed E-state index contributed by atoms with van der Waals surface area (Å²) < 4.78 is 0. The standard InChI is InChI=1S/C9H15NSi/c1-10(2)9-6-4-3-5-8(9)7-11/h3-6H,7H2,1-2,11H3. The van der Waals surface area contributed by atoms with E-state index >= 15 is 0 Å². The maximum atomic E-state index is 2.21. The summed E-state index contributed by atoms with van der Waals surface area (Å²) in [6, 6.07) is 9.83.